The maximum absolute atomic E-state index is 2.38. The van der Waals surface area contributed by atoms with Crippen LogP contribution in [-0.4, -0.2) is 0 Å². The number of rotatable bonds is 9. The van der Waals surface area contributed by atoms with Gasteiger partial charge >= 0.3 is 0 Å². The van der Waals surface area contributed by atoms with E-state index in [2.05, 4.69) is 303 Å². The fourth-order valence-electron chi connectivity index (χ4n) is 11.7. The Labute approximate surface area is 444 Å². The predicted molar refractivity (Wildman–Crippen MR) is 325 cm³/mol. The van der Waals surface area contributed by atoms with Crippen molar-refractivity contribution in [2.45, 2.75) is 0 Å². The van der Waals surface area contributed by atoms with Crippen LogP contribution in [0.4, 0.5) is 0 Å². The van der Waals surface area contributed by atoms with E-state index in [1.54, 1.807) is 0 Å². The molecule has 0 atom stereocenters. The fraction of sp³-hybridized carbons (Fsp3) is 0. The smallest absolute Gasteiger partial charge is 0.00262 e. The second-order valence-electron chi connectivity index (χ2n) is 20.0. The summed E-state index contributed by atoms with van der Waals surface area (Å²) in [6.45, 7) is 0. The van der Waals surface area contributed by atoms with Gasteiger partial charge in [0.05, 0.1) is 0 Å². The summed E-state index contributed by atoms with van der Waals surface area (Å²) in [5.74, 6) is 0. The van der Waals surface area contributed by atoms with Crippen LogP contribution < -0.4 is 0 Å². The van der Waals surface area contributed by atoms with Gasteiger partial charge < -0.3 is 0 Å². The van der Waals surface area contributed by atoms with Gasteiger partial charge in [0, 0.05) is 0 Å². The molecule has 0 aliphatic heterocycles. The molecule has 0 heterocycles. The molecule has 0 saturated carbocycles. The molecule has 76 heavy (non-hydrogen) atoms. The molecule has 0 N–H and O–H groups in total. The van der Waals surface area contributed by atoms with E-state index >= 15 is 0 Å². The molecule has 14 aromatic rings. The number of hydrogen-bond acceptors (Lipinski definition) is 0. The molecular weight excluding hydrogens is 913 g/mol. The van der Waals surface area contributed by atoms with E-state index in [1.165, 1.54) is 143 Å². The highest BCUT2D eigenvalue weighted by Gasteiger charge is 2.18. The fourth-order valence-corrected chi connectivity index (χ4v) is 11.7. The van der Waals surface area contributed by atoms with Gasteiger partial charge in [-0.1, -0.05) is 273 Å². The first kappa shape index (κ1) is 44.8. The Hall–Kier alpha value is -9.88. The Morgan fingerprint density at radius 1 is 0.132 bits per heavy atom. The van der Waals surface area contributed by atoms with Gasteiger partial charge in [0.25, 0.3) is 0 Å². The molecule has 0 aliphatic carbocycles. The molecule has 354 valence electrons. The predicted octanol–water partition coefficient (Wildman–Crippen LogP) is 21.3. The van der Waals surface area contributed by atoms with Gasteiger partial charge in [0.1, 0.15) is 0 Å². The van der Waals surface area contributed by atoms with E-state index in [1.807, 2.05) is 0 Å². The minimum absolute atomic E-state index is 1.19. The summed E-state index contributed by atoms with van der Waals surface area (Å²) >= 11 is 0. The van der Waals surface area contributed by atoms with Crippen molar-refractivity contribution in [3.8, 4) is 100 Å². The Bertz CT molecular complexity index is 4420. The largest absolute Gasteiger partial charge is 0.0622 e. The lowest BCUT2D eigenvalue weighted by atomic mass is 9.85. The standard InChI is InChI=1S/C76H50/c1-2-16-51(17-3-1)52-34-36-53(37-35-52)57-20-13-24-64(48-57)69-27-6-7-28-70(69)65-25-14-23-60(49-65)58-21-12-22-59(46-58)61-42-43-63-50-66(45-44-62(63)47-61)76-73-31-10-8-29-71(73)75(72-30-9-11-32-74(72)76)56-40-38-55(39-41-56)68-33-15-19-54-18-4-5-26-67(54)68/h1-50H. The normalized spacial score (nSPS) is 11.4. The molecule has 0 radical (unpaired) electrons. The number of fused-ring (bicyclic) bond motifs is 4. The van der Waals surface area contributed by atoms with Crippen LogP contribution in [0.3, 0.4) is 0 Å². The molecule has 0 heteroatoms. The monoisotopic (exact) mass is 962 g/mol. The Morgan fingerprint density at radius 3 is 1.03 bits per heavy atom. The average molecular weight is 963 g/mol. The van der Waals surface area contributed by atoms with Gasteiger partial charge in [-0.05, 0) is 174 Å². The van der Waals surface area contributed by atoms with Gasteiger partial charge in [0.15, 0.2) is 0 Å². The van der Waals surface area contributed by atoms with E-state index in [0.29, 0.717) is 0 Å². The highest BCUT2D eigenvalue weighted by atomic mass is 14.2. The van der Waals surface area contributed by atoms with Gasteiger partial charge in [-0.25, -0.2) is 0 Å². The highest BCUT2D eigenvalue weighted by Crippen LogP contribution is 2.45. The minimum Gasteiger partial charge on any atom is -0.0622 e. The van der Waals surface area contributed by atoms with E-state index in [-0.39, 0.29) is 0 Å². The van der Waals surface area contributed by atoms with Crippen molar-refractivity contribution in [3.63, 3.8) is 0 Å². The number of hydrogen-bond donors (Lipinski definition) is 0. The molecule has 0 unspecified atom stereocenters. The summed E-state index contributed by atoms with van der Waals surface area (Å²) in [4.78, 5) is 0. The van der Waals surface area contributed by atoms with Gasteiger partial charge in [-0.15, -0.1) is 0 Å². The van der Waals surface area contributed by atoms with Crippen LogP contribution in [0.2, 0.25) is 0 Å². The zero-order valence-electron chi connectivity index (χ0n) is 41.9. The zero-order valence-corrected chi connectivity index (χ0v) is 41.9. The van der Waals surface area contributed by atoms with Crippen LogP contribution in [0.5, 0.6) is 0 Å². The highest BCUT2D eigenvalue weighted by molar-refractivity contribution is 6.22. The molecule has 0 spiro atoms. The molecule has 0 fully saturated rings. The summed E-state index contributed by atoms with van der Waals surface area (Å²) < 4.78 is 0. The van der Waals surface area contributed by atoms with Crippen LogP contribution in [0, 0.1) is 0 Å². The first-order valence-electron chi connectivity index (χ1n) is 26.3. The lowest BCUT2D eigenvalue weighted by Gasteiger charge is -2.18. The van der Waals surface area contributed by atoms with Crippen molar-refractivity contribution in [2.24, 2.45) is 0 Å². The van der Waals surface area contributed by atoms with Crippen molar-refractivity contribution in [2.75, 3.05) is 0 Å². The third kappa shape index (κ3) is 8.24. The topological polar surface area (TPSA) is 0 Å². The molecule has 0 amide bonds. The van der Waals surface area contributed by atoms with Gasteiger partial charge in [0.2, 0.25) is 0 Å². The zero-order chi connectivity index (χ0) is 50.4. The summed E-state index contributed by atoms with van der Waals surface area (Å²) in [6.07, 6.45) is 0. The summed E-state index contributed by atoms with van der Waals surface area (Å²) in [7, 11) is 0. The van der Waals surface area contributed by atoms with Crippen molar-refractivity contribution in [1.29, 1.82) is 0 Å². The molecule has 0 saturated heterocycles. The Morgan fingerprint density at radius 2 is 0.447 bits per heavy atom. The average Bonchev–Trinajstić information content (AvgIpc) is 3.55. The van der Waals surface area contributed by atoms with Crippen molar-refractivity contribution in [1.82, 2.24) is 0 Å². The molecule has 14 rings (SSSR count). The Kier molecular flexibility index (Phi) is 11.3. The van der Waals surface area contributed by atoms with Crippen LogP contribution in [-0.2, 0) is 0 Å². The molecule has 0 nitrogen and oxygen atoms in total. The number of benzene rings is 14. The van der Waals surface area contributed by atoms with Gasteiger partial charge in [-0.2, -0.15) is 0 Å². The van der Waals surface area contributed by atoms with Crippen molar-refractivity contribution < 1.29 is 0 Å². The van der Waals surface area contributed by atoms with Crippen LogP contribution >= 0.6 is 0 Å². The third-order valence-electron chi connectivity index (χ3n) is 15.5. The van der Waals surface area contributed by atoms with Crippen LogP contribution in [0.25, 0.3) is 143 Å². The second-order valence-corrected chi connectivity index (χ2v) is 20.0. The van der Waals surface area contributed by atoms with Crippen molar-refractivity contribution in [3.05, 3.63) is 303 Å². The molecule has 0 bridgehead atoms. The van der Waals surface area contributed by atoms with E-state index in [4.69, 9.17) is 0 Å². The maximum atomic E-state index is 2.38. The van der Waals surface area contributed by atoms with Crippen LogP contribution in [0.15, 0.2) is 303 Å². The van der Waals surface area contributed by atoms with E-state index in [0.717, 1.165) is 0 Å². The molecule has 0 aliphatic rings. The third-order valence-corrected chi connectivity index (χ3v) is 15.5. The van der Waals surface area contributed by atoms with Crippen molar-refractivity contribution >= 4 is 43.1 Å². The lowest BCUT2D eigenvalue weighted by molar-refractivity contribution is 1.55. The lowest BCUT2D eigenvalue weighted by Crippen LogP contribution is -1.91. The Balaban J connectivity index is 0.762. The summed E-state index contributed by atoms with van der Waals surface area (Å²) in [5, 5.41) is 9.99. The van der Waals surface area contributed by atoms with Gasteiger partial charge in [-0.3, -0.25) is 0 Å². The molecular formula is C76H50. The summed E-state index contributed by atoms with van der Waals surface area (Å²) in [6, 6.07) is 111. The quantitative estimate of drug-likeness (QED) is 0.126. The maximum Gasteiger partial charge on any atom is -0.00262 e. The van der Waals surface area contributed by atoms with Crippen LogP contribution in [0.1, 0.15) is 0 Å². The minimum atomic E-state index is 1.19. The molecule has 0 aromatic heterocycles. The first-order chi connectivity index (χ1) is 37.7. The molecule has 14 aromatic carbocycles. The summed E-state index contributed by atoms with van der Waals surface area (Å²) in [5.41, 5.74) is 21.9. The second kappa shape index (κ2) is 19.2. The SMILES string of the molecule is c1ccc(-c2ccc(-c3cccc(-c4ccccc4-c4cccc(-c5cccc(-c6ccc7cc(-c8c9ccccc9c(-c9ccc(-c%10cccc%11ccccc%10%11)cc9)c9ccccc89)ccc7c6)c5)c4)c3)cc2)cc1. The van der Waals surface area contributed by atoms with E-state index in [9.17, 15) is 0 Å². The first-order valence-corrected chi connectivity index (χ1v) is 26.3. The van der Waals surface area contributed by atoms with E-state index < -0.39 is 0 Å².